The molecule has 1 atom stereocenters. The number of fused-ring (bicyclic) bond motifs is 1. The maximum absolute atomic E-state index is 11.5. The molecule has 0 fully saturated rings. The van der Waals surface area contributed by atoms with E-state index in [9.17, 15) is 14.9 Å². The van der Waals surface area contributed by atoms with Gasteiger partial charge in [0.25, 0.3) is 5.69 Å². The molecule has 2 aromatic carbocycles. The number of anilines is 1. The zero-order valence-corrected chi connectivity index (χ0v) is 19.2. The molecule has 2 aromatic heterocycles. The van der Waals surface area contributed by atoms with Crippen molar-refractivity contribution in [3.05, 3.63) is 87.0 Å². The minimum Gasteiger partial charge on any atom is -0.453 e. The van der Waals surface area contributed by atoms with Crippen molar-refractivity contribution in [2.45, 2.75) is 26.2 Å². The van der Waals surface area contributed by atoms with E-state index < -0.39 is 11.0 Å². The molecule has 1 aliphatic rings. The molecule has 0 saturated carbocycles. The van der Waals surface area contributed by atoms with Crippen LogP contribution in [0.25, 0.3) is 22.6 Å². The Kier molecular flexibility index (Phi) is 6.98. The van der Waals surface area contributed by atoms with Gasteiger partial charge in [-0.15, -0.1) is 10.2 Å². The quantitative estimate of drug-likeness (QED) is 0.247. The van der Waals surface area contributed by atoms with Crippen molar-refractivity contribution in [1.29, 1.82) is 0 Å². The van der Waals surface area contributed by atoms with Gasteiger partial charge in [-0.25, -0.2) is 4.79 Å². The van der Waals surface area contributed by atoms with Crippen molar-refractivity contribution >= 4 is 29.1 Å². The second kappa shape index (κ2) is 10.1. The summed E-state index contributed by atoms with van der Waals surface area (Å²) in [6.45, 7) is 0. The molecule has 184 valence electrons. The van der Waals surface area contributed by atoms with E-state index in [1.807, 2.05) is 6.07 Å². The van der Waals surface area contributed by atoms with Crippen LogP contribution in [0.1, 0.15) is 36.9 Å². The zero-order valence-electron chi connectivity index (χ0n) is 18.4. The number of ether oxygens (including phenoxy) is 1. The molecular formula is C25H22ClN5O5. The highest BCUT2D eigenvalue weighted by Gasteiger charge is 2.31. The Hall–Kier alpha value is -4.31. The standard InChI is InChI=1S/C24H18ClN5O5.CH4/c1-34-24(31)27-17-6-2-13(3-7-17)22-28-29-23(35-22)18-8-4-14-10-15(12-26-21(14)18)19-11-16(25)5-9-20(19)30(32)33;/h2-3,5-7,9-12,18H,4,8H2,1H3,(H,27,31);1H4. The summed E-state index contributed by atoms with van der Waals surface area (Å²) in [5.74, 6) is 0.628. The predicted octanol–water partition coefficient (Wildman–Crippen LogP) is 6.25. The van der Waals surface area contributed by atoms with Gasteiger partial charge in [-0.2, -0.15) is 0 Å². The minimum atomic E-state index is -0.557. The van der Waals surface area contributed by atoms with E-state index in [4.69, 9.17) is 16.0 Å². The van der Waals surface area contributed by atoms with Crippen LogP contribution < -0.4 is 5.32 Å². The molecule has 2 heterocycles. The molecule has 0 aliphatic heterocycles. The van der Waals surface area contributed by atoms with Crippen LogP contribution in [0.2, 0.25) is 5.02 Å². The van der Waals surface area contributed by atoms with Crippen molar-refractivity contribution < 1.29 is 18.9 Å². The summed E-state index contributed by atoms with van der Waals surface area (Å²) in [4.78, 5) is 27.0. The number of nitro benzene ring substituents is 1. The fourth-order valence-electron chi connectivity index (χ4n) is 4.11. The number of pyridine rings is 1. The fourth-order valence-corrected chi connectivity index (χ4v) is 4.29. The molecule has 0 radical (unpaired) electrons. The maximum atomic E-state index is 11.5. The third-order valence-corrected chi connectivity index (χ3v) is 6.04. The van der Waals surface area contributed by atoms with E-state index in [-0.39, 0.29) is 19.0 Å². The number of nitrogens with zero attached hydrogens (tertiary/aromatic N) is 4. The lowest BCUT2D eigenvalue weighted by Crippen LogP contribution is -2.10. The van der Waals surface area contributed by atoms with Gasteiger partial charge in [0.2, 0.25) is 11.8 Å². The predicted molar refractivity (Wildman–Crippen MR) is 134 cm³/mol. The highest BCUT2D eigenvalue weighted by molar-refractivity contribution is 6.31. The number of amides is 1. The SMILES string of the molecule is C.COC(=O)Nc1ccc(-c2nnc(C3CCc4cc(-c5cc(Cl)ccc5[N+](=O)[O-])cnc43)o2)cc1. The maximum Gasteiger partial charge on any atom is 0.411 e. The summed E-state index contributed by atoms with van der Waals surface area (Å²) in [6, 6.07) is 13.3. The number of hydrogen-bond acceptors (Lipinski definition) is 8. The molecule has 11 heteroatoms. The number of halogens is 1. The first-order valence-electron chi connectivity index (χ1n) is 10.6. The highest BCUT2D eigenvalue weighted by atomic mass is 35.5. The first kappa shape index (κ1) is 24.8. The normalized spacial score (nSPS) is 14.0. The number of aryl methyl sites for hydroxylation is 1. The van der Waals surface area contributed by atoms with E-state index in [2.05, 4.69) is 25.2 Å². The molecule has 10 nitrogen and oxygen atoms in total. The molecule has 5 rings (SSSR count). The van der Waals surface area contributed by atoms with Crippen molar-refractivity contribution in [2.24, 2.45) is 0 Å². The van der Waals surface area contributed by atoms with Gasteiger partial charge in [0.1, 0.15) is 0 Å². The molecule has 0 saturated heterocycles. The molecule has 1 N–H and O–H groups in total. The van der Waals surface area contributed by atoms with Crippen LogP contribution in [0, 0.1) is 10.1 Å². The Balaban J connectivity index is 0.00000304. The zero-order chi connectivity index (χ0) is 24.5. The summed E-state index contributed by atoms with van der Waals surface area (Å²) in [7, 11) is 1.29. The van der Waals surface area contributed by atoms with Crippen LogP contribution in [0.4, 0.5) is 16.2 Å². The van der Waals surface area contributed by atoms with Gasteiger partial charge in [0.05, 0.1) is 29.2 Å². The van der Waals surface area contributed by atoms with E-state index in [1.54, 1.807) is 36.5 Å². The molecule has 1 aliphatic carbocycles. The summed E-state index contributed by atoms with van der Waals surface area (Å²) in [5.41, 5.74) is 4.09. The molecular weight excluding hydrogens is 486 g/mol. The second-order valence-electron chi connectivity index (χ2n) is 7.92. The smallest absolute Gasteiger partial charge is 0.411 e. The number of hydrogen-bond donors (Lipinski definition) is 1. The van der Waals surface area contributed by atoms with E-state index >= 15 is 0 Å². The van der Waals surface area contributed by atoms with Gasteiger partial charge < -0.3 is 9.15 Å². The molecule has 4 aromatic rings. The average Bonchev–Trinajstić information content (AvgIpc) is 3.51. The van der Waals surface area contributed by atoms with Crippen LogP contribution >= 0.6 is 11.6 Å². The third kappa shape index (κ3) is 4.76. The van der Waals surface area contributed by atoms with Crippen molar-refractivity contribution in [3.63, 3.8) is 0 Å². The van der Waals surface area contributed by atoms with Gasteiger partial charge in [-0.05, 0) is 60.9 Å². The lowest BCUT2D eigenvalue weighted by molar-refractivity contribution is -0.384. The molecule has 36 heavy (non-hydrogen) atoms. The Morgan fingerprint density at radius 2 is 1.94 bits per heavy atom. The van der Waals surface area contributed by atoms with Crippen LogP contribution in [0.5, 0.6) is 0 Å². The number of aromatic nitrogens is 3. The highest BCUT2D eigenvalue weighted by Crippen LogP contribution is 2.40. The van der Waals surface area contributed by atoms with E-state index in [0.29, 0.717) is 39.2 Å². The fraction of sp³-hybridized carbons (Fsp3) is 0.200. The van der Waals surface area contributed by atoms with Gasteiger partial charge in [0, 0.05) is 34.1 Å². The third-order valence-electron chi connectivity index (χ3n) is 5.80. The Morgan fingerprint density at radius 1 is 1.17 bits per heavy atom. The van der Waals surface area contributed by atoms with Gasteiger partial charge in [0.15, 0.2) is 0 Å². The number of nitro groups is 1. The minimum absolute atomic E-state index is 0. The number of benzene rings is 2. The van der Waals surface area contributed by atoms with Gasteiger partial charge >= 0.3 is 6.09 Å². The Labute approximate surface area is 211 Å². The van der Waals surface area contributed by atoms with Crippen LogP contribution in [-0.2, 0) is 11.2 Å². The van der Waals surface area contributed by atoms with E-state index in [1.165, 1.54) is 19.2 Å². The average molecular weight is 508 g/mol. The number of nitrogens with one attached hydrogen (secondary N) is 1. The summed E-state index contributed by atoms with van der Waals surface area (Å²) in [5, 5.41) is 22.9. The second-order valence-corrected chi connectivity index (χ2v) is 8.35. The number of methoxy groups -OCH3 is 1. The lowest BCUT2D eigenvalue weighted by Gasteiger charge is -2.08. The topological polar surface area (TPSA) is 133 Å². The largest absolute Gasteiger partial charge is 0.453 e. The number of carbonyl (C=O) groups excluding carboxylic acids is 1. The monoisotopic (exact) mass is 507 g/mol. The molecule has 1 amide bonds. The lowest BCUT2D eigenvalue weighted by atomic mass is 10.0. The van der Waals surface area contributed by atoms with Gasteiger partial charge in [-0.1, -0.05) is 19.0 Å². The van der Waals surface area contributed by atoms with Crippen LogP contribution in [0.3, 0.4) is 0 Å². The molecule has 1 unspecified atom stereocenters. The summed E-state index contributed by atoms with van der Waals surface area (Å²) in [6.07, 6.45) is 2.51. The van der Waals surface area contributed by atoms with Crippen LogP contribution in [0.15, 0.2) is 59.1 Å². The number of carbonyl (C=O) groups is 1. The van der Waals surface area contributed by atoms with Crippen molar-refractivity contribution in [1.82, 2.24) is 15.2 Å². The summed E-state index contributed by atoms with van der Waals surface area (Å²) < 4.78 is 10.5. The van der Waals surface area contributed by atoms with Crippen molar-refractivity contribution in [2.75, 3.05) is 12.4 Å². The Bertz CT molecular complexity index is 1440. The van der Waals surface area contributed by atoms with Crippen molar-refractivity contribution in [3.8, 4) is 22.6 Å². The first-order chi connectivity index (χ1) is 16.9. The molecule has 0 spiro atoms. The molecule has 0 bridgehead atoms. The Morgan fingerprint density at radius 3 is 2.67 bits per heavy atom. The van der Waals surface area contributed by atoms with E-state index in [0.717, 1.165) is 24.1 Å². The summed E-state index contributed by atoms with van der Waals surface area (Å²) >= 11 is 6.09. The van der Waals surface area contributed by atoms with Gasteiger partial charge in [-0.3, -0.25) is 20.4 Å². The van der Waals surface area contributed by atoms with Crippen LogP contribution in [-0.4, -0.2) is 33.3 Å². The first-order valence-corrected chi connectivity index (χ1v) is 11.0. The number of rotatable bonds is 5.